The van der Waals surface area contributed by atoms with Crippen molar-refractivity contribution in [3.63, 3.8) is 0 Å². The molecular formula is C26H29N3O5S. The molecule has 1 aliphatic rings. The molecule has 1 heterocycles. The number of aromatic nitrogens is 2. The van der Waals surface area contributed by atoms with Gasteiger partial charge in [-0.2, -0.15) is 0 Å². The molecule has 0 atom stereocenters. The number of aromatic amines is 1. The Morgan fingerprint density at radius 3 is 2.46 bits per heavy atom. The fraction of sp³-hybridized carbons (Fsp3) is 0.308. The van der Waals surface area contributed by atoms with Crippen molar-refractivity contribution in [1.29, 1.82) is 0 Å². The van der Waals surface area contributed by atoms with Crippen molar-refractivity contribution in [2.45, 2.75) is 32.6 Å². The summed E-state index contributed by atoms with van der Waals surface area (Å²) < 4.78 is 32.6. The first-order valence-corrected chi connectivity index (χ1v) is 13.1. The van der Waals surface area contributed by atoms with Crippen LogP contribution >= 0.6 is 0 Å². The van der Waals surface area contributed by atoms with Crippen LogP contribution in [0.5, 0.6) is 5.75 Å². The number of allylic oxidation sites excluding steroid dienone is 1. The first kappa shape index (κ1) is 24.7. The maximum Gasteiger partial charge on any atom is 0.332 e. The Labute approximate surface area is 204 Å². The van der Waals surface area contributed by atoms with E-state index < -0.39 is 21.3 Å². The van der Waals surface area contributed by atoms with Gasteiger partial charge in [-0.25, -0.2) is 22.5 Å². The van der Waals surface area contributed by atoms with Gasteiger partial charge < -0.3 is 9.72 Å². The fourth-order valence-electron chi connectivity index (χ4n) is 4.36. The zero-order valence-corrected chi connectivity index (χ0v) is 21.2. The molecule has 0 radical (unpaired) electrons. The van der Waals surface area contributed by atoms with Crippen molar-refractivity contribution in [2.75, 3.05) is 19.9 Å². The van der Waals surface area contributed by atoms with Crippen LogP contribution in [-0.4, -0.2) is 37.9 Å². The largest absolute Gasteiger partial charge is 0.496 e. The molecule has 0 unspecified atom stereocenters. The molecule has 0 spiro atoms. The number of hydrogen-bond donors (Lipinski definition) is 2. The third-order valence-corrected chi connectivity index (χ3v) is 6.72. The first-order valence-electron chi connectivity index (χ1n) is 11.2. The van der Waals surface area contributed by atoms with Gasteiger partial charge in [0.25, 0.3) is 5.56 Å². The summed E-state index contributed by atoms with van der Waals surface area (Å²) in [5.74, 6) is 0.673. The maximum absolute atomic E-state index is 12.6. The second-order valence-corrected chi connectivity index (χ2v) is 11.5. The summed E-state index contributed by atoms with van der Waals surface area (Å²) in [6, 6.07) is 10.9. The Hall–Kier alpha value is -3.43. The molecule has 9 heteroatoms. The molecule has 2 aromatic carbocycles. The highest BCUT2D eigenvalue weighted by Crippen LogP contribution is 2.42. The lowest BCUT2D eigenvalue weighted by Crippen LogP contribution is -2.32. The van der Waals surface area contributed by atoms with Crippen molar-refractivity contribution in [3.8, 4) is 22.6 Å². The van der Waals surface area contributed by atoms with E-state index in [-0.39, 0.29) is 12.0 Å². The summed E-state index contributed by atoms with van der Waals surface area (Å²) in [4.78, 5) is 27.7. The Kier molecular flexibility index (Phi) is 6.33. The van der Waals surface area contributed by atoms with Gasteiger partial charge in [0.2, 0.25) is 10.0 Å². The number of benzene rings is 2. The normalized spacial score (nSPS) is 13.5. The lowest BCUT2D eigenvalue weighted by atomic mass is 9.83. The second kappa shape index (κ2) is 8.98. The number of methoxy groups -OCH3 is 1. The summed E-state index contributed by atoms with van der Waals surface area (Å²) in [6.07, 6.45) is 5.17. The average molecular weight is 496 g/mol. The van der Waals surface area contributed by atoms with E-state index in [0.717, 1.165) is 44.2 Å². The van der Waals surface area contributed by atoms with Crippen LogP contribution in [0.25, 0.3) is 22.4 Å². The zero-order valence-electron chi connectivity index (χ0n) is 20.4. The van der Waals surface area contributed by atoms with Crippen LogP contribution < -0.4 is 20.7 Å². The van der Waals surface area contributed by atoms with Crippen LogP contribution in [0.1, 0.15) is 37.5 Å². The van der Waals surface area contributed by atoms with Crippen LogP contribution in [0.2, 0.25) is 0 Å². The van der Waals surface area contributed by atoms with E-state index in [1.807, 2.05) is 51.1 Å². The molecule has 3 aromatic rings. The van der Waals surface area contributed by atoms with Gasteiger partial charge in [0.1, 0.15) is 5.75 Å². The number of fused-ring (bicyclic) bond motifs is 1. The third kappa shape index (κ3) is 5.01. The summed E-state index contributed by atoms with van der Waals surface area (Å²) in [6.45, 7) is 6.37. The number of nitrogens with one attached hydrogen (secondary N) is 2. The molecule has 35 heavy (non-hydrogen) atoms. The van der Waals surface area contributed by atoms with E-state index in [2.05, 4.69) is 9.71 Å². The Morgan fingerprint density at radius 2 is 1.83 bits per heavy atom. The standard InChI is InChI=1S/C26H29N3O5S/c1-26(2,3)22-14-19(29-23(30)10-11-27-25(29)31)13-21(24(22)34-4)17-8-9-20-16(12-17)6-7-18(20)15-28-35(5,32)33/h7-14,28H,6,15H2,1-5H3,(H,27,31). The average Bonchev–Trinajstić information content (AvgIpc) is 3.18. The summed E-state index contributed by atoms with van der Waals surface area (Å²) in [7, 11) is -1.68. The van der Waals surface area contributed by atoms with E-state index in [9.17, 15) is 18.0 Å². The predicted molar refractivity (Wildman–Crippen MR) is 138 cm³/mol. The van der Waals surface area contributed by atoms with Crippen molar-refractivity contribution < 1.29 is 13.2 Å². The van der Waals surface area contributed by atoms with Crippen LogP contribution in [0.3, 0.4) is 0 Å². The molecule has 0 saturated carbocycles. The zero-order chi connectivity index (χ0) is 25.5. The van der Waals surface area contributed by atoms with E-state index in [0.29, 0.717) is 17.9 Å². The molecule has 1 aromatic heterocycles. The molecule has 0 bridgehead atoms. The molecule has 0 fully saturated rings. The minimum atomic E-state index is -3.29. The van der Waals surface area contributed by atoms with Crippen LogP contribution in [0, 0.1) is 0 Å². The monoisotopic (exact) mass is 495 g/mol. The fourth-order valence-corrected chi connectivity index (χ4v) is 4.78. The van der Waals surface area contributed by atoms with Crippen LogP contribution in [-0.2, 0) is 21.9 Å². The van der Waals surface area contributed by atoms with Gasteiger partial charge in [-0.05, 0) is 46.2 Å². The molecule has 0 saturated heterocycles. The number of sulfonamides is 1. The van der Waals surface area contributed by atoms with E-state index in [1.54, 1.807) is 13.2 Å². The van der Waals surface area contributed by atoms with Gasteiger partial charge >= 0.3 is 5.69 Å². The van der Waals surface area contributed by atoms with E-state index in [4.69, 9.17) is 4.74 Å². The molecule has 184 valence electrons. The molecular weight excluding hydrogens is 466 g/mol. The second-order valence-electron chi connectivity index (χ2n) is 9.68. The minimum absolute atomic E-state index is 0.234. The van der Waals surface area contributed by atoms with Gasteiger partial charge in [-0.15, -0.1) is 0 Å². The van der Waals surface area contributed by atoms with Crippen molar-refractivity contribution in [2.24, 2.45) is 0 Å². The quantitative estimate of drug-likeness (QED) is 0.546. The van der Waals surface area contributed by atoms with E-state index in [1.165, 1.54) is 12.3 Å². The molecule has 0 amide bonds. The van der Waals surface area contributed by atoms with Crippen molar-refractivity contribution in [3.05, 3.63) is 86.2 Å². The number of H-pyrrole nitrogens is 1. The smallest absolute Gasteiger partial charge is 0.332 e. The third-order valence-electron chi connectivity index (χ3n) is 6.06. The number of rotatable bonds is 6. The number of nitrogens with zero attached hydrogens (tertiary/aromatic N) is 1. The Balaban J connectivity index is 1.88. The SMILES string of the molecule is COc1c(-c2ccc3c(c2)CC=C3CNS(C)(=O)=O)cc(-n2c(=O)cc[nH]c2=O)cc1C(C)(C)C. The van der Waals surface area contributed by atoms with Gasteiger partial charge in [0.15, 0.2) is 0 Å². The highest BCUT2D eigenvalue weighted by Gasteiger charge is 2.25. The predicted octanol–water partition coefficient (Wildman–Crippen LogP) is 2.99. The van der Waals surface area contributed by atoms with Gasteiger partial charge in [0.05, 0.1) is 19.1 Å². The topological polar surface area (TPSA) is 110 Å². The lowest BCUT2D eigenvalue weighted by Gasteiger charge is -2.25. The molecule has 4 rings (SSSR count). The van der Waals surface area contributed by atoms with Crippen LogP contribution in [0.15, 0.2) is 58.3 Å². The van der Waals surface area contributed by atoms with Crippen molar-refractivity contribution in [1.82, 2.24) is 14.3 Å². The van der Waals surface area contributed by atoms with Gasteiger partial charge in [-0.1, -0.05) is 45.0 Å². The Morgan fingerprint density at radius 1 is 1.09 bits per heavy atom. The highest BCUT2D eigenvalue weighted by molar-refractivity contribution is 7.88. The van der Waals surface area contributed by atoms with Gasteiger partial charge in [0, 0.05) is 29.9 Å². The van der Waals surface area contributed by atoms with Crippen molar-refractivity contribution >= 4 is 15.6 Å². The number of hydrogen-bond acceptors (Lipinski definition) is 5. The van der Waals surface area contributed by atoms with Crippen LogP contribution in [0.4, 0.5) is 0 Å². The summed E-state index contributed by atoms with van der Waals surface area (Å²) in [5.41, 5.74) is 4.66. The minimum Gasteiger partial charge on any atom is -0.496 e. The van der Waals surface area contributed by atoms with E-state index >= 15 is 0 Å². The Bertz CT molecular complexity index is 1530. The lowest BCUT2D eigenvalue weighted by molar-refractivity contribution is 0.399. The van der Waals surface area contributed by atoms with Gasteiger partial charge in [-0.3, -0.25) is 4.79 Å². The number of ether oxygens (including phenoxy) is 1. The molecule has 8 nitrogen and oxygen atoms in total. The molecule has 2 N–H and O–H groups in total. The summed E-state index contributed by atoms with van der Waals surface area (Å²) >= 11 is 0. The molecule has 1 aliphatic carbocycles. The maximum atomic E-state index is 12.6. The summed E-state index contributed by atoms with van der Waals surface area (Å²) in [5, 5.41) is 0. The highest BCUT2D eigenvalue weighted by atomic mass is 32.2. The molecule has 0 aliphatic heterocycles. The first-order chi connectivity index (χ1) is 16.4.